The first-order chi connectivity index (χ1) is 6.59. The van der Waals surface area contributed by atoms with Crippen LogP contribution in [0.25, 0.3) is 0 Å². The zero-order chi connectivity index (χ0) is 10.6. The molecule has 1 aliphatic heterocycles. The van der Waals surface area contributed by atoms with Crippen molar-refractivity contribution >= 4 is 12.6 Å². The second-order valence-electron chi connectivity index (χ2n) is 4.61. The molecule has 1 heterocycles. The third-order valence-electron chi connectivity index (χ3n) is 3.16. The Hall–Kier alpha value is 0.0500. The lowest BCUT2D eigenvalue weighted by molar-refractivity contribution is 0.174. The largest absolute Gasteiger partial charge is 0.292 e. The van der Waals surface area contributed by atoms with Gasteiger partial charge in [0.25, 0.3) is 0 Å². The third kappa shape index (κ3) is 4.05. The number of hydrogen-bond acceptors (Lipinski definition) is 2. The van der Waals surface area contributed by atoms with Crippen LogP contribution < -0.4 is 0 Å². The van der Waals surface area contributed by atoms with Crippen LogP contribution in [0.15, 0.2) is 12.2 Å². The van der Waals surface area contributed by atoms with Crippen LogP contribution in [0, 0.1) is 5.92 Å². The number of rotatable bonds is 4. The quantitative estimate of drug-likeness (QED) is 0.554. The SMILES string of the molecule is C=C(C)CCC1CCN(C(C)S)CC1. The van der Waals surface area contributed by atoms with Crippen LogP contribution >= 0.6 is 12.6 Å². The van der Waals surface area contributed by atoms with E-state index in [1.54, 1.807) is 0 Å². The number of piperidine rings is 1. The van der Waals surface area contributed by atoms with Gasteiger partial charge in [0.15, 0.2) is 0 Å². The summed E-state index contributed by atoms with van der Waals surface area (Å²) in [6.45, 7) is 10.7. The molecule has 0 aromatic rings. The normalized spacial score (nSPS) is 22.2. The summed E-state index contributed by atoms with van der Waals surface area (Å²) in [5, 5.41) is 0.428. The average Bonchev–Trinajstić information content (AvgIpc) is 2.15. The van der Waals surface area contributed by atoms with Gasteiger partial charge < -0.3 is 0 Å². The van der Waals surface area contributed by atoms with Gasteiger partial charge in [-0.1, -0.05) is 5.57 Å². The highest BCUT2D eigenvalue weighted by Crippen LogP contribution is 2.24. The maximum atomic E-state index is 4.47. The zero-order valence-corrected chi connectivity index (χ0v) is 10.4. The fourth-order valence-corrected chi connectivity index (χ4v) is 2.30. The Morgan fingerprint density at radius 3 is 2.50 bits per heavy atom. The molecule has 1 rings (SSSR count). The minimum atomic E-state index is 0.428. The van der Waals surface area contributed by atoms with E-state index in [9.17, 15) is 0 Å². The molecular formula is C12H23NS. The molecule has 1 aliphatic rings. The van der Waals surface area contributed by atoms with Gasteiger partial charge in [-0.25, -0.2) is 0 Å². The van der Waals surface area contributed by atoms with E-state index in [2.05, 4.69) is 38.0 Å². The van der Waals surface area contributed by atoms with Crippen molar-refractivity contribution in [3.8, 4) is 0 Å². The molecule has 0 spiro atoms. The van der Waals surface area contributed by atoms with Crippen molar-refractivity contribution in [1.82, 2.24) is 4.90 Å². The Balaban J connectivity index is 2.19. The number of allylic oxidation sites excluding steroid dienone is 1. The maximum absolute atomic E-state index is 4.47. The lowest BCUT2D eigenvalue weighted by Crippen LogP contribution is -2.37. The molecule has 0 saturated carbocycles. The van der Waals surface area contributed by atoms with Crippen molar-refractivity contribution < 1.29 is 0 Å². The van der Waals surface area contributed by atoms with Crippen LogP contribution in [0.4, 0.5) is 0 Å². The maximum Gasteiger partial charge on any atom is 0.0499 e. The Morgan fingerprint density at radius 2 is 2.07 bits per heavy atom. The van der Waals surface area contributed by atoms with Crippen molar-refractivity contribution in [3.05, 3.63) is 12.2 Å². The molecule has 14 heavy (non-hydrogen) atoms. The van der Waals surface area contributed by atoms with E-state index in [1.165, 1.54) is 44.3 Å². The molecule has 0 aromatic carbocycles. The summed E-state index contributed by atoms with van der Waals surface area (Å²) in [5.41, 5.74) is 1.33. The van der Waals surface area contributed by atoms with E-state index >= 15 is 0 Å². The predicted molar refractivity (Wildman–Crippen MR) is 66.8 cm³/mol. The van der Waals surface area contributed by atoms with Gasteiger partial charge in [-0.2, -0.15) is 12.6 Å². The van der Waals surface area contributed by atoms with Gasteiger partial charge in [0.05, 0.1) is 0 Å². The summed E-state index contributed by atoms with van der Waals surface area (Å²) in [6.07, 6.45) is 5.24. The number of hydrogen-bond donors (Lipinski definition) is 1. The van der Waals surface area contributed by atoms with E-state index in [0.29, 0.717) is 5.37 Å². The van der Waals surface area contributed by atoms with Crippen molar-refractivity contribution in [2.24, 2.45) is 5.92 Å². The first kappa shape index (κ1) is 12.1. The molecule has 1 fully saturated rings. The van der Waals surface area contributed by atoms with Crippen molar-refractivity contribution in [3.63, 3.8) is 0 Å². The van der Waals surface area contributed by atoms with E-state index in [1.807, 2.05) is 0 Å². The lowest BCUT2D eigenvalue weighted by Gasteiger charge is -2.34. The lowest BCUT2D eigenvalue weighted by atomic mass is 9.91. The van der Waals surface area contributed by atoms with E-state index < -0.39 is 0 Å². The van der Waals surface area contributed by atoms with Gasteiger partial charge >= 0.3 is 0 Å². The van der Waals surface area contributed by atoms with Gasteiger partial charge in [-0.15, -0.1) is 6.58 Å². The van der Waals surface area contributed by atoms with Crippen molar-refractivity contribution in [1.29, 1.82) is 0 Å². The van der Waals surface area contributed by atoms with Crippen LogP contribution in [-0.4, -0.2) is 23.4 Å². The van der Waals surface area contributed by atoms with Crippen LogP contribution in [-0.2, 0) is 0 Å². The van der Waals surface area contributed by atoms with Crippen LogP contribution in [0.1, 0.15) is 39.5 Å². The molecule has 1 atom stereocenters. The molecule has 0 radical (unpaired) electrons. The highest BCUT2D eigenvalue weighted by Gasteiger charge is 2.20. The second kappa shape index (κ2) is 5.82. The minimum Gasteiger partial charge on any atom is -0.292 e. The summed E-state index contributed by atoms with van der Waals surface area (Å²) < 4.78 is 0. The molecule has 82 valence electrons. The molecule has 2 heteroatoms. The van der Waals surface area contributed by atoms with E-state index in [4.69, 9.17) is 0 Å². The van der Waals surface area contributed by atoms with Crippen molar-refractivity contribution in [2.45, 2.75) is 44.9 Å². The topological polar surface area (TPSA) is 3.24 Å². The first-order valence-electron chi connectivity index (χ1n) is 5.66. The first-order valence-corrected chi connectivity index (χ1v) is 6.17. The highest BCUT2D eigenvalue weighted by atomic mass is 32.1. The van der Waals surface area contributed by atoms with E-state index in [0.717, 1.165) is 5.92 Å². The van der Waals surface area contributed by atoms with Gasteiger partial charge in [0.2, 0.25) is 0 Å². The minimum absolute atomic E-state index is 0.428. The molecule has 0 aromatic heterocycles. The molecular weight excluding hydrogens is 190 g/mol. The third-order valence-corrected chi connectivity index (χ3v) is 3.48. The van der Waals surface area contributed by atoms with Crippen molar-refractivity contribution in [2.75, 3.05) is 13.1 Å². The number of likely N-dealkylation sites (tertiary alicyclic amines) is 1. The van der Waals surface area contributed by atoms with Gasteiger partial charge in [0.1, 0.15) is 0 Å². The fourth-order valence-electron chi connectivity index (χ4n) is 2.07. The fraction of sp³-hybridized carbons (Fsp3) is 0.833. The second-order valence-corrected chi connectivity index (χ2v) is 5.35. The summed E-state index contributed by atoms with van der Waals surface area (Å²) in [4.78, 5) is 2.46. The Labute approximate surface area is 94.0 Å². The van der Waals surface area contributed by atoms with Crippen LogP contribution in [0.2, 0.25) is 0 Å². The summed E-state index contributed by atoms with van der Waals surface area (Å²) in [6, 6.07) is 0. The molecule has 0 aliphatic carbocycles. The zero-order valence-electron chi connectivity index (χ0n) is 9.50. The van der Waals surface area contributed by atoms with Crippen LogP contribution in [0.3, 0.4) is 0 Å². The van der Waals surface area contributed by atoms with Gasteiger partial charge in [0, 0.05) is 5.37 Å². The summed E-state index contributed by atoms with van der Waals surface area (Å²) >= 11 is 4.47. The molecule has 0 amide bonds. The Morgan fingerprint density at radius 1 is 1.50 bits per heavy atom. The Kier molecular flexibility index (Phi) is 5.04. The standard InChI is InChI=1S/C12H23NS/c1-10(2)4-5-12-6-8-13(9-7-12)11(3)14/h11-12,14H,1,4-9H2,2-3H3. The average molecular weight is 213 g/mol. The molecule has 0 N–H and O–H groups in total. The molecule has 0 bridgehead atoms. The van der Waals surface area contributed by atoms with E-state index in [-0.39, 0.29) is 0 Å². The number of thiol groups is 1. The Bertz CT molecular complexity index is 181. The van der Waals surface area contributed by atoms with Gasteiger partial charge in [-0.3, -0.25) is 4.90 Å². The molecule has 1 unspecified atom stereocenters. The van der Waals surface area contributed by atoms with Gasteiger partial charge in [-0.05, 0) is 58.5 Å². The predicted octanol–water partition coefficient (Wildman–Crippen LogP) is 3.33. The summed E-state index contributed by atoms with van der Waals surface area (Å²) in [7, 11) is 0. The molecule has 1 nitrogen and oxygen atoms in total. The summed E-state index contributed by atoms with van der Waals surface area (Å²) in [5.74, 6) is 0.926. The highest BCUT2D eigenvalue weighted by molar-refractivity contribution is 7.80. The molecule has 1 saturated heterocycles. The van der Waals surface area contributed by atoms with Crippen LogP contribution in [0.5, 0.6) is 0 Å². The smallest absolute Gasteiger partial charge is 0.0499 e. The number of nitrogens with zero attached hydrogens (tertiary/aromatic N) is 1. The monoisotopic (exact) mass is 213 g/mol.